The van der Waals surface area contributed by atoms with Crippen molar-refractivity contribution in [3.05, 3.63) is 22.6 Å². The van der Waals surface area contributed by atoms with Gasteiger partial charge in [-0.15, -0.1) is 0 Å². The zero-order valence-electron chi connectivity index (χ0n) is 25.8. The molecule has 18 heteroatoms. The van der Waals surface area contributed by atoms with Crippen molar-refractivity contribution in [2.75, 3.05) is 30.6 Å². The first-order valence-electron chi connectivity index (χ1n) is 14.4. The number of carbonyl (C=O) groups excluding carboxylic acids is 4. The molecule has 0 bridgehead atoms. The van der Waals surface area contributed by atoms with Crippen LogP contribution in [0.2, 0.25) is 0 Å². The van der Waals surface area contributed by atoms with Crippen LogP contribution in [0.25, 0.3) is 10.8 Å². The van der Waals surface area contributed by atoms with E-state index in [1.165, 1.54) is 24.0 Å². The molecule has 2 aromatic rings. The summed E-state index contributed by atoms with van der Waals surface area (Å²) in [6.45, 7) is 6.16. The Bertz CT molecular complexity index is 1600. The van der Waals surface area contributed by atoms with Gasteiger partial charge < -0.3 is 50.1 Å². The van der Waals surface area contributed by atoms with Crippen LogP contribution < -0.4 is 27.2 Å². The highest BCUT2D eigenvalue weighted by Gasteiger charge is 2.56. The first-order chi connectivity index (χ1) is 21.6. The van der Waals surface area contributed by atoms with Gasteiger partial charge in [-0.3, -0.25) is 24.5 Å². The molecule has 250 valence electrons. The van der Waals surface area contributed by atoms with Gasteiger partial charge in [0.1, 0.15) is 29.9 Å². The maximum absolute atomic E-state index is 12.7. The molecule has 0 unspecified atom stereocenters. The largest absolute Gasteiger partial charge is 0.455 e. The molecule has 1 fully saturated rings. The van der Waals surface area contributed by atoms with E-state index >= 15 is 0 Å². The van der Waals surface area contributed by atoms with E-state index in [1.54, 1.807) is 27.7 Å². The standard InChI is InChI=1S/C28H37N7O11/c1-12(2)20(29)24(39)30-7-18(38)46-21-16(9-36)45-26(28(21,5)42)35-8-14-15(33-27(41)44-11-43-25(40)13(3)4)6-17(37)34-22-19(14)23(35)32-10-31-22/h6,8,10,12-13,16,20-21,26,36,42H,7,9,11,29H2,1-5H3,(H,30,39)(H,33,41)(H,31,32,34,37)/t16-,20+,21-,26-,28-/m1/s1. The average molecular weight is 648 g/mol. The second-order valence-corrected chi connectivity index (χ2v) is 11.5. The zero-order valence-corrected chi connectivity index (χ0v) is 25.8. The fourth-order valence-electron chi connectivity index (χ4n) is 4.81. The van der Waals surface area contributed by atoms with Crippen molar-refractivity contribution in [1.29, 1.82) is 0 Å². The summed E-state index contributed by atoms with van der Waals surface area (Å²) in [6.07, 6.45) is -2.32. The number of rotatable bonds is 11. The summed E-state index contributed by atoms with van der Waals surface area (Å²) in [6, 6.07) is 0.181. The summed E-state index contributed by atoms with van der Waals surface area (Å²) in [5.74, 6) is -2.47. The van der Waals surface area contributed by atoms with E-state index in [-0.39, 0.29) is 34.0 Å². The first kappa shape index (κ1) is 34.2. The minimum absolute atomic E-state index is 0.0625. The molecule has 46 heavy (non-hydrogen) atoms. The van der Waals surface area contributed by atoms with Gasteiger partial charge in [-0.1, -0.05) is 27.7 Å². The minimum atomic E-state index is -1.99. The minimum Gasteiger partial charge on any atom is -0.455 e. The number of esters is 2. The third kappa shape index (κ3) is 7.09. The Balaban J connectivity index is 1.63. The maximum Gasteiger partial charge on any atom is 0.414 e. The van der Waals surface area contributed by atoms with Crippen LogP contribution in [0.3, 0.4) is 0 Å². The second-order valence-electron chi connectivity index (χ2n) is 11.5. The lowest BCUT2D eigenvalue weighted by Gasteiger charge is -2.30. The van der Waals surface area contributed by atoms with Gasteiger partial charge in [0.05, 0.1) is 36.0 Å². The van der Waals surface area contributed by atoms with Gasteiger partial charge in [-0.25, -0.2) is 9.79 Å². The molecular weight excluding hydrogens is 610 g/mol. The molecule has 2 aliphatic rings. The van der Waals surface area contributed by atoms with Crippen LogP contribution in [0, 0.1) is 11.8 Å². The molecule has 4 heterocycles. The molecule has 0 aromatic carbocycles. The molecule has 5 atom stereocenters. The summed E-state index contributed by atoms with van der Waals surface area (Å²) >= 11 is 0. The number of anilines is 2. The van der Waals surface area contributed by atoms with Crippen LogP contribution in [0.15, 0.2) is 22.1 Å². The number of ether oxygens (including phenoxy) is 4. The SMILES string of the molecule is CC(C)C(=O)OCOC(=O)Nc1cc(=O)nc2c3c(n([C@@H]4O[C@H](CO)[C@@H](OC(=O)CNC(=O)[C@@H](N)C(C)C)[C@@]4(C)O)cc13)N=CN2. The van der Waals surface area contributed by atoms with E-state index < -0.39 is 85.4 Å². The van der Waals surface area contributed by atoms with Crippen LogP contribution in [0.1, 0.15) is 40.8 Å². The molecule has 18 nitrogen and oxygen atoms in total. The smallest absolute Gasteiger partial charge is 0.414 e. The van der Waals surface area contributed by atoms with Gasteiger partial charge in [0, 0.05) is 17.6 Å². The van der Waals surface area contributed by atoms with Crippen molar-refractivity contribution in [1.82, 2.24) is 14.9 Å². The van der Waals surface area contributed by atoms with Gasteiger partial charge >= 0.3 is 18.0 Å². The van der Waals surface area contributed by atoms with Crippen molar-refractivity contribution >= 4 is 58.4 Å². The number of hydrogen-bond donors (Lipinski definition) is 6. The molecular formula is C28H37N7O11. The van der Waals surface area contributed by atoms with E-state index in [1.807, 2.05) is 0 Å². The summed E-state index contributed by atoms with van der Waals surface area (Å²) in [5, 5.41) is 29.8. The first-order valence-corrected chi connectivity index (χ1v) is 14.4. The number of aliphatic hydroxyl groups is 2. The summed E-state index contributed by atoms with van der Waals surface area (Å²) in [5.41, 5.74) is 3.02. The van der Waals surface area contributed by atoms with Crippen molar-refractivity contribution < 1.29 is 48.3 Å². The molecule has 2 aliphatic heterocycles. The molecule has 7 N–H and O–H groups in total. The van der Waals surface area contributed by atoms with Crippen LogP contribution >= 0.6 is 0 Å². The van der Waals surface area contributed by atoms with Crippen molar-refractivity contribution in [3.8, 4) is 0 Å². The Hall–Kier alpha value is -4.65. The van der Waals surface area contributed by atoms with Gasteiger partial charge in [-0.2, -0.15) is 4.98 Å². The molecule has 0 aliphatic carbocycles. The average Bonchev–Trinajstić information content (AvgIpc) is 3.44. The van der Waals surface area contributed by atoms with Gasteiger partial charge in [-0.05, 0) is 12.8 Å². The number of hydrogen-bond acceptors (Lipinski definition) is 15. The van der Waals surface area contributed by atoms with E-state index in [4.69, 9.17) is 24.7 Å². The summed E-state index contributed by atoms with van der Waals surface area (Å²) in [4.78, 5) is 70.0. The number of nitrogens with zero attached hydrogens (tertiary/aromatic N) is 3. The number of nitrogens with one attached hydrogen (secondary N) is 3. The quantitative estimate of drug-likeness (QED) is 0.137. The Labute approximate surface area is 262 Å². The molecule has 1 saturated heterocycles. The normalized spacial score (nSPS) is 22.3. The number of aliphatic imine (C=N–C) groups is 1. The van der Waals surface area contributed by atoms with Crippen LogP contribution in [-0.2, 0) is 33.3 Å². The molecule has 0 radical (unpaired) electrons. The highest BCUT2D eigenvalue weighted by atomic mass is 16.7. The molecule has 2 amide bonds. The lowest BCUT2D eigenvalue weighted by atomic mass is 9.96. The zero-order chi connectivity index (χ0) is 33.9. The Kier molecular flexibility index (Phi) is 10.2. The van der Waals surface area contributed by atoms with Gasteiger partial charge in [0.2, 0.25) is 12.7 Å². The van der Waals surface area contributed by atoms with Crippen molar-refractivity contribution in [2.45, 2.75) is 64.7 Å². The Morgan fingerprint density at radius 3 is 2.59 bits per heavy atom. The van der Waals surface area contributed by atoms with Crippen LogP contribution in [-0.4, -0.2) is 93.8 Å². The van der Waals surface area contributed by atoms with E-state index in [0.29, 0.717) is 0 Å². The van der Waals surface area contributed by atoms with Crippen LogP contribution in [0.5, 0.6) is 0 Å². The van der Waals surface area contributed by atoms with Gasteiger partial charge in [0.25, 0.3) is 5.56 Å². The molecule has 0 saturated carbocycles. The highest BCUT2D eigenvalue weighted by Crippen LogP contribution is 2.46. The second kappa shape index (κ2) is 13.8. The number of amides is 2. The topological polar surface area (TPSA) is 255 Å². The predicted octanol–water partition coefficient (Wildman–Crippen LogP) is -0.161. The predicted molar refractivity (Wildman–Crippen MR) is 161 cm³/mol. The summed E-state index contributed by atoms with van der Waals surface area (Å²) in [7, 11) is 0. The van der Waals surface area contributed by atoms with E-state index in [2.05, 4.69) is 25.9 Å². The number of aliphatic hydroxyl groups excluding tert-OH is 1. The number of carbonyl (C=O) groups is 4. The lowest BCUT2D eigenvalue weighted by Crippen LogP contribution is -2.49. The Morgan fingerprint density at radius 2 is 1.93 bits per heavy atom. The molecule has 4 rings (SSSR count). The fraction of sp³-hybridized carbons (Fsp3) is 0.536. The van der Waals surface area contributed by atoms with Crippen LogP contribution in [0.4, 0.5) is 22.1 Å². The molecule has 2 aromatic heterocycles. The van der Waals surface area contributed by atoms with Crippen molar-refractivity contribution in [2.24, 2.45) is 22.6 Å². The fourth-order valence-corrected chi connectivity index (χ4v) is 4.81. The maximum atomic E-state index is 12.7. The molecule has 0 spiro atoms. The Morgan fingerprint density at radius 1 is 1.22 bits per heavy atom. The van der Waals surface area contributed by atoms with E-state index in [9.17, 15) is 34.2 Å². The van der Waals surface area contributed by atoms with Gasteiger partial charge in [0.15, 0.2) is 12.3 Å². The number of nitrogens with two attached hydrogens (primary N) is 1. The lowest BCUT2D eigenvalue weighted by molar-refractivity contribution is -0.163. The third-order valence-corrected chi connectivity index (χ3v) is 7.35. The summed E-state index contributed by atoms with van der Waals surface area (Å²) < 4.78 is 22.6. The van der Waals surface area contributed by atoms with Crippen molar-refractivity contribution in [3.63, 3.8) is 0 Å². The third-order valence-electron chi connectivity index (χ3n) is 7.35. The number of aromatic nitrogens is 2. The highest BCUT2D eigenvalue weighted by molar-refractivity contribution is 6.12. The van der Waals surface area contributed by atoms with E-state index in [0.717, 1.165) is 6.07 Å². The monoisotopic (exact) mass is 647 g/mol.